The molecule has 1 aromatic carbocycles. The summed E-state index contributed by atoms with van der Waals surface area (Å²) in [4.78, 5) is 19.7. The molecule has 0 bridgehead atoms. The van der Waals surface area contributed by atoms with Crippen LogP contribution in [0.4, 0.5) is 0 Å². The van der Waals surface area contributed by atoms with Crippen LogP contribution in [-0.4, -0.2) is 84.2 Å². The van der Waals surface area contributed by atoms with Crippen molar-refractivity contribution < 1.29 is 9.90 Å². The van der Waals surface area contributed by atoms with Gasteiger partial charge in [-0.05, 0) is 64.3 Å². The third-order valence-electron chi connectivity index (χ3n) is 5.77. The van der Waals surface area contributed by atoms with E-state index in [1.54, 1.807) is 0 Å². The highest BCUT2D eigenvalue weighted by molar-refractivity contribution is 5.78. The largest absolute Gasteiger partial charge is 0.392 e. The molecule has 0 radical (unpaired) electrons. The molecule has 0 aliphatic carbocycles. The van der Waals surface area contributed by atoms with Crippen molar-refractivity contribution in [1.82, 2.24) is 14.7 Å². The fourth-order valence-electron chi connectivity index (χ4n) is 4.17. The number of likely N-dealkylation sites (tertiary alicyclic amines) is 2. The molecule has 2 heterocycles. The number of carbonyl (C=O) groups excluding carboxylic acids is 1. The maximum atomic E-state index is 13.1. The lowest BCUT2D eigenvalue weighted by molar-refractivity contribution is -0.136. The first-order valence-electron chi connectivity index (χ1n) is 10.0. The van der Waals surface area contributed by atoms with E-state index in [9.17, 15) is 9.90 Å². The van der Waals surface area contributed by atoms with Crippen molar-refractivity contribution in [2.24, 2.45) is 0 Å². The summed E-state index contributed by atoms with van der Waals surface area (Å²) in [7, 11) is 2.15. The van der Waals surface area contributed by atoms with Gasteiger partial charge in [0.25, 0.3) is 0 Å². The molecule has 0 spiro atoms. The van der Waals surface area contributed by atoms with Gasteiger partial charge in [-0.15, -0.1) is 0 Å². The van der Waals surface area contributed by atoms with Gasteiger partial charge in [0.05, 0.1) is 12.6 Å². The van der Waals surface area contributed by atoms with E-state index >= 15 is 0 Å². The fraction of sp³-hybridized carbons (Fsp3) is 0.667. The molecule has 2 fully saturated rings. The minimum atomic E-state index is -0.280. The molecule has 26 heavy (non-hydrogen) atoms. The Balaban J connectivity index is 1.62. The topological polar surface area (TPSA) is 47.0 Å². The molecule has 144 valence electrons. The normalized spacial score (nSPS) is 23.1. The average Bonchev–Trinajstić information content (AvgIpc) is 2.64. The molecule has 2 aliphatic heterocycles. The van der Waals surface area contributed by atoms with Crippen molar-refractivity contribution in [3.8, 4) is 0 Å². The Kier molecular flexibility index (Phi) is 7.06. The van der Waals surface area contributed by atoms with Crippen LogP contribution in [0, 0.1) is 0 Å². The summed E-state index contributed by atoms with van der Waals surface area (Å²) in [6, 6.07) is 10.8. The van der Waals surface area contributed by atoms with E-state index in [1.807, 2.05) is 6.07 Å². The first kappa shape index (κ1) is 19.3. The summed E-state index contributed by atoms with van der Waals surface area (Å²) in [5, 5.41) is 9.89. The first-order chi connectivity index (χ1) is 12.6. The summed E-state index contributed by atoms with van der Waals surface area (Å²) in [5.41, 5.74) is 1.28. The van der Waals surface area contributed by atoms with Gasteiger partial charge in [0.1, 0.15) is 0 Å². The van der Waals surface area contributed by atoms with Gasteiger partial charge >= 0.3 is 0 Å². The van der Waals surface area contributed by atoms with Gasteiger partial charge < -0.3 is 14.9 Å². The Bertz CT molecular complexity index is 558. The summed E-state index contributed by atoms with van der Waals surface area (Å²) in [5.74, 6) is 0.226. The van der Waals surface area contributed by atoms with E-state index in [0.29, 0.717) is 19.1 Å². The number of rotatable bonds is 6. The van der Waals surface area contributed by atoms with Gasteiger partial charge in [0.15, 0.2) is 0 Å². The Morgan fingerprint density at radius 3 is 2.58 bits per heavy atom. The zero-order chi connectivity index (χ0) is 18.4. The number of carbonyl (C=O) groups is 1. The van der Waals surface area contributed by atoms with Gasteiger partial charge in [-0.2, -0.15) is 0 Å². The molecule has 0 saturated carbocycles. The van der Waals surface area contributed by atoms with Gasteiger partial charge in [-0.3, -0.25) is 9.69 Å². The Morgan fingerprint density at radius 1 is 1.15 bits per heavy atom. The third-order valence-corrected chi connectivity index (χ3v) is 5.77. The molecule has 5 heteroatoms. The van der Waals surface area contributed by atoms with Crippen LogP contribution in [0.2, 0.25) is 0 Å². The Labute approximate surface area is 157 Å². The van der Waals surface area contributed by atoms with Crippen LogP contribution in [0.15, 0.2) is 30.3 Å². The first-order valence-corrected chi connectivity index (χ1v) is 10.0. The van der Waals surface area contributed by atoms with Crippen LogP contribution in [0.3, 0.4) is 0 Å². The number of aliphatic hydroxyl groups is 1. The van der Waals surface area contributed by atoms with Crippen molar-refractivity contribution >= 4 is 5.91 Å². The van der Waals surface area contributed by atoms with Crippen molar-refractivity contribution in [3.63, 3.8) is 0 Å². The van der Waals surface area contributed by atoms with Gasteiger partial charge in [-0.1, -0.05) is 30.3 Å². The Hall–Kier alpha value is -1.43. The summed E-state index contributed by atoms with van der Waals surface area (Å²) >= 11 is 0. The van der Waals surface area contributed by atoms with Crippen LogP contribution < -0.4 is 0 Å². The lowest BCUT2D eigenvalue weighted by atomic mass is 10.0. The summed E-state index contributed by atoms with van der Waals surface area (Å²) in [6.07, 6.45) is 4.57. The van der Waals surface area contributed by atoms with Crippen LogP contribution in [0.25, 0.3) is 0 Å². The molecule has 0 unspecified atom stereocenters. The van der Waals surface area contributed by atoms with Crippen molar-refractivity contribution in [1.29, 1.82) is 0 Å². The lowest BCUT2D eigenvalue weighted by Gasteiger charge is -2.39. The number of aliphatic hydroxyl groups excluding tert-OH is 1. The maximum Gasteiger partial charge on any atom is 0.237 e. The number of β-amino-alcohol motifs (C(OH)–C–C–N with tert-alkyl or cyclic N) is 1. The molecular formula is C21H33N3O2. The standard InChI is InChI=1S/C21H33N3O2/c1-22-13-10-19(11-14-22)24(15-9-18-6-3-2-4-7-18)21(26)17-23-12-5-8-20(25)16-23/h2-4,6-7,19-20,25H,5,8-17H2,1H3/t20-/m1/s1. The number of nitrogens with zero attached hydrogens (tertiary/aromatic N) is 3. The van der Waals surface area contributed by atoms with Crippen molar-refractivity contribution in [2.75, 3.05) is 46.3 Å². The molecule has 1 aromatic rings. The van der Waals surface area contributed by atoms with Crippen molar-refractivity contribution in [3.05, 3.63) is 35.9 Å². The van der Waals surface area contributed by atoms with E-state index in [4.69, 9.17) is 0 Å². The fourth-order valence-corrected chi connectivity index (χ4v) is 4.17. The molecule has 5 nitrogen and oxygen atoms in total. The zero-order valence-corrected chi connectivity index (χ0v) is 16.0. The lowest BCUT2D eigenvalue weighted by Crippen LogP contribution is -2.51. The highest BCUT2D eigenvalue weighted by Gasteiger charge is 2.29. The molecule has 0 aromatic heterocycles. The minimum absolute atomic E-state index is 0.226. The highest BCUT2D eigenvalue weighted by atomic mass is 16.3. The summed E-state index contributed by atoms with van der Waals surface area (Å²) in [6.45, 7) is 4.89. The molecular weight excluding hydrogens is 326 g/mol. The number of benzene rings is 1. The number of hydrogen-bond donors (Lipinski definition) is 1. The highest BCUT2D eigenvalue weighted by Crippen LogP contribution is 2.18. The number of hydrogen-bond acceptors (Lipinski definition) is 4. The zero-order valence-electron chi connectivity index (χ0n) is 16.0. The average molecular weight is 360 g/mol. The number of piperidine rings is 2. The molecule has 2 saturated heterocycles. The molecule has 1 N–H and O–H groups in total. The van der Waals surface area contributed by atoms with E-state index in [0.717, 1.165) is 58.3 Å². The summed E-state index contributed by atoms with van der Waals surface area (Å²) < 4.78 is 0. The Morgan fingerprint density at radius 2 is 1.88 bits per heavy atom. The monoisotopic (exact) mass is 359 g/mol. The molecule has 3 rings (SSSR count). The predicted octanol–water partition coefficient (Wildman–Crippen LogP) is 1.61. The van der Waals surface area contributed by atoms with E-state index in [2.05, 4.69) is 46.0 Å². The van der Waals surface area contributed by atoms with E-state index in [-0.39, 0.29) is 12.0 Å². The minimum Gasteiger partial charge on any atom is -0.392 e. The van der Waals surface area contributed by atoms with Gasteiger partial charge in [0.2, 0.25) is 5.91 Å². The van der Waals surface area contributed by atoms with Crippen LogP contribution in [-0.2, 0) is 11.2 Å². The van der Waals surface area contributed by atoms with Crippen LogP contribution >= 0.6 is 0 Å². The van der Waals surface area contributed by atoms with E-state index in [1.165, 1.54) is 5.56 Å². The van der Waals surface area contributed by atoms with Crippen LogP contribution in [0.1, 0.15) is 31.2 Å². The maximum absolute atomic E-state index is 13.1. The van der Waals surface area contributed by atoms with Crippen molar-refractivity contribution in [2.45, 2.75) is 44.2 Å². The van der Waals surface area contributed by atoms with Gasteiger partial charge in [0, 0.05) is 19.1 Å². The SMILES string of the molecule is CN1CCC(N(CCc2ccccc2)C(=O)CN2CCC[C@@H](O)C2)CC1. The van der Waals surface area contributed by atoms with E-state index < -0.39 is 0 Å². The second-order valence-electron chi connectivity index (χ2n) is 7.89. The smallest absolute Gasteiger partial charge is 0.237 e. The predicted molar refractivity (Wildman–Crippen MR) is 104 cm³/mol. The second kappa shape index (κ2) is 9.49. The van der Waals surface area contributed by atoms with Crippen LogP contribution in [0.5, 0.6) is 0 Å². The third kappa shape index (κ3) is 5.53. The van der Waals surface area contributed by atoms with Gasteiger partial charge in [-0.25, -0.2) is 0 Å². The second-order valence-corrected chi connectivity index (χ2v) is 7.89. The molecule has 2 aliphatic rings. The quantitative estimate of drug-likeness (QED) is 0.838. The molecule has 1 amide bonds. The molecule has 1 atom stereocenters. The number of amides is 1.